The van der Waals surface area contributed by atoms with Gasteiger partial charge in [0.1, 0.15) is 5.60 Å². The van der Waals surface area contributed by atoms with Crippen molar-refractivity contribution in [1.82, 2.24) is 4.90 Å². The van der Waals surface area contributed by atoms with Crippen molar-refractivity contribution in [2.75, 3.05) is 13.1 Å². The predicted molar refractivity (Wildman–Crippen MR) is 77.4 cm³/mol. The van der Waals surface area contributed by atoms with Gasteiger partial charge in [-0.1, -0.05) is 12.5 Å². The maximum atomic E-state index is 12.2. The van der Waals surface area contributed by atoms with E-state index in [2.05, 4.69) is 6.92 Å². The minimum atomic E-state index is -0.461. The Hall–Kier alpha value is -1.32. The molecule has 2 aliphatic rings. The number of Topliss-reactive ketones (excluding diaryl/α,β-unsaturated/α-hetero) is 1. The van der Waals surface area contributed by atoms with E-state index in [0.29, 0.717) is 31.3 Å². The molecule has 1 fully saturated rings. The minimum absolute atomic E-state index is 0.238. The zero-order valence-electron chi connectivity index (χ0n) is 13.2. The van der Waals surface area contributed by atoms with Gasteiger partial charge in [-0.25, -0.2) is 4.79 Å². The van der Waals surface area contributed by atoms with Crippen molar-refractivity contribution in [2.45, 2.75) is 53.1 Å². The van der Waals surface area contributed by atoms with Crippen molar-refractivity contribution in [3.8, 4) is 0 Å². The number of allylic oxidation sites excluding steroid dienone is 1. The molecule has 4 heteroatoms. The summed E-state index contributed by atoms with van der Waals surface area (Å²) >= 11 is 0. The molecule has 4 nitrogen and oxygen atoms in total. The van der Waals surface area contributed by atoms with Crippen LogP contribution in [0.5, 0.6) is 0 Å². The summed E-state index contributed by atoms with van der Waals surface area (Å²) in [5, 5.41) is 0. The number of hydrogen-bond acceptors (Lipinski definition) is 3. The molecule has 0 aromatic heterocycles. The summed E-state index contributed by atoms with van der Waals surface area (Å²) in [7, 11) is 0. The number of likely N-dealkylation sites (tertiary alicyclic amines) is 1. The van der Waals surface area contributed by atoms with Gasteiger partial charge in [-0.05, 0) is 45.6 Å². The monoisotopic (exact) mass is 279 g/mol. The zero-order valence-corrected chi connectivity index (χ0v) is 13.2. The Morgan fingerprint density at radius 3 is 2.60 bits per heavy atom. The van der Waals surface area contributed by atoms with E-state index < -0.39 is 5.60 Å². The van der Waals surface area contributed by atoms with E-state index in [4.69, 9.17) is 4.74 Å². The van der Waals surface area contributed by atoms with Crippen LogP contribution in [-0.4, -0.2) is 35.5 Å². The summed E-state index contributed by atoms with van der Waals surface area (Å²) in [6.45, 7) is 11.0. The molecular weight excluding hydrogens is 254 g/mol. The molecule has 20 heavy (non-hydrogen) atoms. The van der Waals surface area contributed by atoms with E-state index in [-0.39, 0.29) is 11.9 Å². The minimum Gasteiger partial charge on any atom is -0.444 e. The number of amides is 1. The Bertz CT molecular complexity index is 459. The van der Waals surface area contributed by atoms with Crippen LogP contribution >= 0.6 is 0 Å². The van der Waals surface area contributed by atoms with E-state index in [1.54, 1.807) is 4.90 Å². The number of rotatable bonds is 0. The summed E-state index contributed by atoms with van der Waals surface area (Å²) in [4.78, 5) is 25.9. The number of ether oxygens (including phenoxy) is 1. The molecule has 112 valence electrons. The van der Waals surface area contributed by atoms with Crippen LogP contribution in [0.25, 0.3) is 0 Å². The molecule has 1 amide bonds. The van der Waals surface area contributed by atoms with Crippen LogP contribution in [0.3, 0.4) is 0 Å². The Morgan fingerprint density at radius 2 is 2.00 bits per heavy atom. The molecule has 0 unspecified atom stereocenters. The second-order valence-corrected chi connectivity index (χ2v) is 7.04. The molecule has 0 spiro atoms. The number of carbonyl (C=O) groups is 2. The van der Waals surface area contributed by atoms with Gasteiger partial charge in [0.2, 0.25) is 0 Å². The van der Waals surface area contributed by atoms with Crippen LogP contribution in [-0.2, 0) is 9.53 Å². The van der Waals surface area contributed by atoms with Gasteiger partial charge in [0.25, 0.3) is 0 Å². The van der Waals surface area contributed by atoms with E-state index in [1.165, 1.54) is 5.57 Å². The van der Waals surface area contributed by atoms with E-state index in [1.807, 2.05) is 27.7 Å². The molecule has 2 rings (SSSR count). The quantitative estimate of drug-likeness (QED) is 0.684. The molecule has 2 atom stereocenters. The van der Waals surface area contributed by atoms with Crippen LogP contribution in [0.4, 0.5) is 4.79 Å². The zero-order chi connectivity index (χ0) is 15.1. The van der Waals surface area contributed by atoms with E-state index >= 15 is 0 Å². The standard InChI is InChI=1S/C16H25NO3/c1-10-8-14(18)11(2)12-6-7-17(9-13(10)12)15(19)20-16(3,4)5/h10,13H,6-9H2,1-5H3/t10-,13+/m0/s1. The highest BCUT2D eigenvalue weighted by atomic mass is 16.6. The van der Waals surface area contributed by atoms with Gasteiger partial charge in [0.15, 0.2) is 5.78 Å². The van der Waals surface area contributed by atoms with Gasteiger partial charge >= 0.3 is 6.09 Å². The van der Waals surface area contributed by atoms with Gasteiger partial charge in [0, 0.05) is 25.4 Å². The normalized spacial score (nSPS) is 27.4. The maximum absolute atomic E-state index is 12.2. The molecular formula is C16H25NO3. The third kappa shape index (κ3) is 3.05. The second-order valence-electron chi connectivity index (χ2n) is 7.04. The average Bonchev–Trinajstić information content (AvgIpc) is 2.33. The fourth-order valence-electron chi connectivity index (χ4n) is 3.13. The molecule has 0 bridgehead atoms. The second kappa shape index (κ2) is 5.23. The van der Waals surface area contributed by atoms with Crippen LogP contribution < -0.4 is 0 Å². The number of nitrogens with zero attached hydrogens (tertiary/aromatic N) is 1. The van der Waals surface area contributed by atoms with Crippen molar-refractivity contribution in [3.63, 3.8) is 0 Å². The molecule has 1 aliphatic heterocycles. The summed E-state index contributed by atoms with van der Waals surface area (Å²) in [5.74, 6) is 0.898. The van der Waals surface area contributed by atoms with Crippen LogP contribution in [0.15, 0.2) is 11.1 Å². The van der Waals surface area contributed by atoms with Gasteiger partial charge in [0.05, 0.1) is 0 Å². The highest BCUT2D eigenvalue weighted by Crippen LogP contribution is 2.38. The van der Waals surface area contributed by atoms with E-state index in [0.717, 1.165) is 12.0 Å². The van der Waals surface area contributed by atoms with Crippen molar-refractivity contribution >= 4 is 11.9 Å². The number of ketones is 1. The Kier molecular flexibility index (Phi) is 3.94. The first-order valence-corrected chi connectivity index (χ1v) is 7.40. The van der Waals surface area contributed by atoms with Gasteiger partial charge in [-0.2, -0.15) is 0 Å². The third-order valence-electron chi connectivity index (χ3n) is 4.26. The lowest BCUT2D eigenvalue weighted by atomic mass is 9.72. The molecule has 0 aromatic carbocycles. The topological polar surface area (TPSA) is 46.6 Å². The first-order valence-electron chi connectivity index (χ1n) is 7.40. The van der Waals surface area contributed by atoms with Gasteiger partial charge < -0.3 is 9.64 Å². The average molecular weight is 279 g/mol. The van der Waals surface area contributed by atoms with Crippen molar-refractivity contribution in [3.05, 3.63) is 11.1 Å². The largest absolute Gasteiger partial charge is 0.444 e. The van der Waals surface area contributed by atoms with Gasteiger partial charge in [-0.15, -0.1) is 0 Å². The van der Waals surface area contributed by atoms with E-state index in [9.17, 15) is 9.59 Å². The Morgan fingerprint density at radius 1 is 1.35 bits per heavy atom. The lowest BCUT2D eigenvalue weighted by Gasteiger charge is -2.41. The smallest absolute Gasteiger partial charge is 0.410 e. The highest BCUT2D eigenvalue weighted by Gasteiger charge is 2.37. The number of piperidine rings is 1. The lowest BCUT2D eigenvalue weighted by molar-refractivity contribution is -0.117. The SMILES string of the molecule is CC1=C2CCN(C(=O)OC(C)(C)C)C[C@@H]2[C@@H](C)CC1=O. The van der Waals surface area contributed by atoms with Crippen molar-refractivity contribution in [1.29, 1.82) is 0 Å². The van der Waals surface area contributed by atoms with Gasteiger partial charge in [-0.3, -0.25) is 4.79 Å². The first kappa shape index (κ1) is 15.1. The summed E-state index contributed by atoms with van der Waals surface area (Å²) in [6, 6.07) is 0. The molecule has 1 heterocycles. The lowest BCUT2D eigenvalue weighted by Crippen LogP contribution is -2.46. The molecule has 0 radical (unpaired) electrons. The third-order valence-corrected chi connectivity index (χ3v) is 4.26. The molecule has 1 aliphatic carbocycles. The van der Waals surface area contributed by atoms with Crippen LogP contribution in [0.2, 0.25) is 0 Å². The predicted octanol–water partition coefficient (Wildman–Crippen LogP) is 3.17. The Balaban J connectivity index is 2.11. The number of carbonyl (C=O) groups excluding carboxylic acids is 2. The molecule has 0 N–H and O–H groups in total. The maximum Gasteiger partial charge on any atom is 0.410 e. The summed E-state index contributed by atoms with van der Waals surface area (Å²) in [5.41, 5.74) is 1.72. The highest BCUT2D eigenvalue weighted by molar-refractivity contribution is 5.96. The summed E-state index contributed by atoms with van der Waals surface area (Å²) in [6.07, 6.45) is 1.16. The molecule has 1 saturated heterocycles. The molecule has 0 aromatic rings. The first-order chi connectivity index (χ1) is 9.19. The van der Waals surface area contributed by atoms with Crippen LogP contribution in [0, 0.1) is 11.8 Å². The fourth-order valence-corrected chi connectivity index (χ4v) is 3.13. The van der Waals surface area contributed by atoms with Crippen molar-refractivity contribution < 1.29 is 14.3 Å². The summed E-state index contributed by atoms with van der Waals surface area (Å²) < 4.78 is 5.44. The fraction of sp³-hybridized carbons (Fsp3) is 0.750. The van der Waals surface area contributed by atoms with Crippen LogP contribution in [0.1, 0.15) is 47.5 Å². The number of hydrogen-bond donors (Lipinski definition) is 0. The number of fused-ring (bicyclic) bond motifs is 1. The van der Waals surface area contributed by atoms with Crippen molar-refractivity contribution in [2.24, 2.45) is 11.8 Å². The Labute approximate surface area is 121 Å². The molecule has 0 saturated carbocycles.